The second-order valence-electron chi connectivity index (χ2n) is 4.59. The average Bonchev–Trinajstić information content (AvgIpc) is 2.92. The Bertz CT molecular complexity index is 510. The molecule has 2 N–H and O–H groups in total. The Kier molecular flexibility index (Phi) is 4.57. The van der Waals surface area contributed by atoms with Gasteiger partial charge >= 0.3 is 0 Å². The van der Waals surface area contributed by atoms with E-state index in [1.54, 1.807) is 18.2 Å². The summed E-state index contributed by atoms with van der Waals surface area (Å²) in [7, 11) is 1.52. The van der Waals surface area contributed by atoms with Crippen LogP contribution in [0.15, 0.2) is 18.2 Å². The van der Waals surface area contributed by atoms with Crippen LogP contribution in [0.2, 0.25) is 0 Å². The number of carbonyl (C=O) groups is 2. The molecule has 1 unspecified atom stereocenters. The maximum atomic E-state index is 11.9. The lowest BCUT2D eigenvalue weighted by molar-refractivity contribution is -0.124. The summed E-state index contributed by atoms with van der Waals surface area (Å²) in [5.41, 5.74) is 1.11. The first-order valence-corrected chi connectivity index (χ1v) is 6.48. The molecule has 1 heterocycles. The molecule has 0 aliphatic carbocycles. The van der Waals surface area contributed by atoms with Gasteiger partial charge in [-0.15, -0.1) is 0 Å². The Morgan fingerprint density at radius 2 is 2.15 bits per heavy atom. The molecule has 6 heteroatoms. The van der Waals surface area contributed by atoms with Crippen LogP contribution < -0.4 is 15.4 Å². The molecule has 6 nitrogen and oxygen atoms in total. The van der Waals surface area contributed by atoms with Gasteiger partial charge in [0.05, 0.1) is 12.8 Å². The molecule has 20 heavy (non-hydrogen) atoms. The fourth-order valence-corrected chi connectivity index (χ4v) is 2.08. The Morgan fingerprint density at radius 1 is 1.35 bits per heavy atom. The van der Waals surface area contributed by atoms with E-state index in [1.807, 2.05) is 0 Å². The summed E-state index contributed by atoms with van der Waals surface area (Å²) in [6.07, 6.45) is 1.25. The molecular weight excluding hydrogens is 260 g/mol. The molecule has 2 amide bonds. The van der Waals surface area contributed by atoms with Crippen molar-refractivity contribution < 1.29 is 19.1 Å². The van der Waals surface area contributed by atoms with Crippen molar-refractivity contribution in [2.45, 2.75) is 25.9 Å². The van der Waals surface area contributed by atoms with Crippen LogP contribution in [-0.2, 0) is 14.3 Å². The highest BCUT2D eigenvalue weighted by molar-refractivity contribution is 5.96. The minimum Gasteiger partial charge on any atom is -0.495 e. The maximum absolute atomic E-state index is 11.9. The van der Waals surface area contributed by atoms with E-state index in [9.17, 15) is 9.59 Å². The molecule has 0 radical (unpaired) electrons. The summed E-state index contributed by atoms with van der Waals surface area (Å²) >= 11 is 0. The summed E-state index contributed by atoms with van der Waals surface area (Å²) in [5, 5.41) is 5.44. The van der Waals surface area contributed by atoms with Crippen molar-refractivity contribution in [3.63, 3.8) is 0 Å². The van der Waals surface area contributed by atoms with Crippen LogP contribution in [0.4, 0.5) is 11.4 Å². The van der Waals surface area contributed by atoms with Gasteiger partial charge in [0, 0.05) is 19.2 Å². The molecule has 2 rings (SSSR count). The maximum Gasteiger partial charge on any atom is 0.253 e. The highest BCUT2D eigenvalue weighted by Gasteiger charge is 2.23. The van der Waals surface area contributed by atoms with E-state index in [1.165, 1.54) is 14.0 Å². The van der Waals surface area contributed by atoms with Gasteiger partial charge in [-0.2, -0.15) is 0 Å². The molecule has 1 saturated heterocycles. The molecule has 0 aromatic heterocycles. The lowest BCUT2D eigenvalue weighted by Gasteiger charge is -2.13. The Hall–Kier alpha value is -2.08. The van der Waals surface area contributed by atoms with Crippen molar-refractivity contribution in [2.75, 3.05) is 24.4 Å². The minimum absolute atomic E-state index is 0.165. The number of methoxy groups -OCH3 is 1. The van der Waals surface area contributed by atoms with E-state index in [-0.39, 0.29) is 17.9 Å². The van der Waals surface area contributed by atoms with Crippen molar-refractivity contribution in [2.24, 2.45) is 0 Å². The number of hydrogen-bond donors (Lipinski definition) is 2. The van der Waals surface area contributed by atoms with Gasteiger partial charge in [0.1, 0.15) is 11.9 Å². The predicted octanol–water partition coefficient (Wildman–Crippen LogP) is 1.77. The Labute approximate surface area is 117 Å². The second-order valence-corrected chi connectivity index (χ2v) is 4.59. The van der Waals surface area contributed by atoms with Crippen LogP contribution in [0.25, 0.3) is 0 Å². The number of anilines is 2. The third-order valence-corrected chi connectivity index (χ3v) is 3.00. The van der Waals surface area contributed by atoms with E-state index in [4.69, 9.17) is 9.47 Å². The van der Waals surface area contributed by atoms with E-state index in [0.717, 1.165) is 12.8 Å². The van der Waals surface area contributed by atoms with Crippen molar-refractivity contribution in [1.29, 1.82) is 0 Å². The average molecular weight is 278 g/mol. The topological polar surface area (TPSA) is 76.7 Å². The summed E-state index contributed by atoms with van der Waals surface area (Å²) in [5.74, 6) is 0.169. The molecule has 1 aromatic carbocycles. The van der Waals surface area contributed by atoms with Crippen molar-refractivity contribution in [3.05, 3.63) is 18.2 Å². The van der Waals surface area contributed by atoms with Gasteiger partial charge in [0.15, 0.2) is 0 Å². The van der Waals surface area contributed by atoms with E-state index >= 15 is 0 Å². The molecule has 0 bridgehead atoms. The molecule has 1 aliphatic heterocycles. The molecular formula is C14H18N2O4. The zero-order valence-corrected chi connectivity index (χ0v) is 11.6. The monoisotopic (exact) mass is 278 g/mol. The van der Waals surface area contributed by atoms with E-state index in [0.29, 0.717) is 23.7 Å². The third kappa shape index (κ3) is 3.48. The van der Waals surface area contributed by atoms with Crippen LogP contribution >= 0.6 is 0 Å². The first-order valence-electron chi connectivity index (χ1n) is 6.48. The second kappa shape index (κ2) is 6.38. The molecule has 1 aliphatic rings. The third-order valence-electron chi connectivity index (χ3n) is 3.00. The van der Waals surface area contributed by atoms with Crippen molar-refractivity contribution >= 4 is 23.2 Å². The fraction of sp³-hybridized carbons (Fsp3) is 0.429. The molecule has 0 saturated carbocycles. The molecule has 1 fully saturated rings. The SMILES string of the molecule is COc1ccc(NC(=O)C2CCCO2)cc1NC(C)=O. The van der Waals surface area contributed by atoms with Gasteiger partial charge in [-0.05, 0) is 31.0 Å². The lowest BCUT2D eigenvalue weighted by Crippen LogP contribution is -2.26. The Balaban J connectivity index is 2.11. The highest BCUT2D eigenvalue weighted by atomic mass is 16.5. The summed E-state index contributed by atoms with van der Waals surface area (Å²) in [6.45, 7) is 2.04. The van der Waals surface area contributed by atoms with Crippen LogP contribution in [0.5, 0.6) is 5.75 Å². The number of benzene rings is 1. The number of ether oxygens (including phenoxy) is 2. The first kappa shape index (κ1) is 14.3. The van der Waals surface area contributed by atoms with Crippen molar-refractivity contribution in [3.8, 4) is 5.75 Å². The van der Waals surface area contributed by atoms with Gasteiger partial charge in [-0.3, -0.25) is 9.59 Å². The number of rotatable bonds is 4. The lowest BCUT2D eigenvalue weighted by atomic mass is 10.2. The van der Waals surface area contributed by atoms with Gasteiger partial charge in [0.2, 0.25) is 5.91 Å². The van der Waals surface area contributed by atoms with Crippen LogP contribution in [-0.4, -0.2) is 31.6 Å². The molecule has 1 aromatic rings. The first-order chi connectivity index (χ1) is 9.60. The quantitative estimate of drug-likeness (QED) is 0.880. The highest BCUT2D eigenvalue weighted by Crippen LogP contribution is 2.28. The predicted molar refractivity (Wildman–Crippen MR) is 74.9 cm³/mol. The largest absolute Gasteiger partial charge is 0.495 e. The van der Waals surface area contributed by atoms with Crippen LogP contribution in [0.3, 0.4) is 0 Å². The van der Waals surface area contributed by atoms with Crippen LogP contribution in [0, 0.1) is 0 Å². The van der Waals surface area contributed by atoms with Gasteiger partial charge in [0.25, 0.3) is 5.91 Å². The van der Waals surface area contributed by atoms with Gasteiger partial charge in [-0.25, -0.2) is 0 Å². The normalized spacial score (nSPS) is 17.6. The fourth-order valence-electron chi connectivity index (χ4n) is 2.08. The summed E-state index contributed by atoms with van der Waals surface area (Å²) in [6, 6.07) is 5.07. The van der Waals surface area contributed by atoms with Crippen molar-refractivity contribution in [1.82, 2.24) is 0 Å². The minimum atomic E-state index is -0.388. The molecule has 108 valence electrons. The van der Waals surface area contributed by atoms with Gasteiger partial charge in [-0.1, -0.05) is 0 Å². The van der Waals surface area contributed by atoms with E-state index in [2.05, 4.69) is 10.6 Å². The zero-order valence-electron chi connectivity index (χ0n) is 11.6. The smallest absolute Gasteiger partial charge is 0.253 e. The van der Waals surface area contributed by atoms with E-state index < -0.39 is 0 Å². The molecule has 0 spiro atoms. The zero-order chi connectivity index (χ0) is 14.5. The number of hydrogen-bond acceptors (Lipinski definition) is 4. The number of carbonyl (C=O) groups excluding carboxylic acids is 2. The Morgan fingerprint density at radius 3 is 2.75 bits per heavy atom. The van der Waals surface area contributed by atoms with Gasteiger partial charge < -0.3 is 20.1 Å². The molecule has 1 atom stereocenters. The standard InChI is InChI=1S/C14H18N2O4/c1-9(17)15-11-8-10(5-6-12(11)19-2)16-14(18)13-4-3-7-20-13/h5-6,8,13H,3-4,7H2,1-2H3,(H,15,17)(H,16,18). The van der Waals surface area contributed by atoms with Crippen LogP contribution in [0.1, 0.15) is 19.8 Å². The summed E-state index contributed by atoms with van der Waals surface area (Å²) < 4.78 is 10.5. The number of amides is 2. The number of nitrogens with one attached hydrogen (secondary N) is 2. The summed E-state index contributed by atoms with van der Waals surface area (Å²) in [4.78, 5) is 23.1.